The molecule has 0 radical (unpaired) electrons. The molecule has 0 fully saturated rings. The average Bonchev–Trinajstić information content (AvgIpc) is 3.45. The van der Waals surface area contributed by atoms with Gasteiger partial charge in [-0.15, -0.1) is 5.10 Å². The molecule has 174 valence electrons. The zero-order chi connectivity index (χ0) is 23.5. The minimum Gasteiger partial charge on any atom is -0.361 e. The third-order valence-corrected chi connectivity index (χ3v) is 6.79. The second-order valence-corrected chi connectivity index (χ2v) is 9.80. The number of carbonyl (C=O) groups is 1. The molecule has 3 aromatic heterocycles. The van der Waals surface area contributed by atoms with Gasteiger partial charge >= 0.3 is 0 Å². The normalized spacial score (nSPS) is 11.7. The van der Waals surface area contributed by atoms with Crippen molar-refractivity contribution in [1.29, 1.82) is 0 Å². The van der Waals surface area contributed by atoms with Crippen molar-refractivity contribution in [3.05, 3.63) is 66.1 Å². The predicted molar refractivity (Wildman–Crippen MR) is 137 cm³/mol. The van der Waals surface area contributed by atoms with Gasteiger partial charge in [0.15, 0.2) is 16.6 Å². The fraction of sp³-hybridized carbons (Fsp3) is 0.308. The van der Waals surface area contributed by atoms with E-state index in [1.54, 1.807) is 4.52 Å². The van der Waals surface area contributed by atoms with Gasteiger partial charge in [-0.25, -0.2) is 9.97 Å². The lowest BCUT2D eigenvalue weighted by Crippen LogP contribution is -2.27. The van der Waals surface area contributed by atoms with Crippen LogP contribution in [0.3, 0.4) is 0 Å². The first-order valence-corrected chi connectivity index (χ1v) is 12.7. The molecule has 0 saturated heterocycles. The summed E-state index contributed by atoms with van der Waals surface area (Å²) in [6.45, 7) is 4.99. The summed E-state index contributed by atoms with van der Waals surface area (Å²) in [6.07, 6.45) is 4.60. The Morgan fingerprint density at radius 1 is 1.06 bits per heavy atom. The Bertz CT molecular complexity index is 1450. The topological polar surface area (TPSA) is 88.0 Å². The number of para-hydroxylation sites is 2. The lowest BCUT2D eigenvalue weighted by molar-refractivity contribution is -0.118. The Morgan fingerprint density at radius 3 is 2.71 bits per heavy atom. The number of nitrogens with one attached hydrogen (secondary N) is 2. The standard InChI is InChI=1S/C26H28N6OS/c1-17(2)13-14-27-24(33)16-34-26-29-22-10-6-4-8-20(22)25-30-23(31-32(25)26)12-11-18-15-28-21-9-5-3-7-19(18)21/h3-10,15,17,28H,11-14,16H2,1-2H3,(H,27,33). The second kappa shape index (κ2) is 9.85. The fourth-order valence-corrected chi connectivity index (χ4v) is 4.81. The summed E-state index contributed by atoms with van der Waals surface area (Å²) in [5, 5.41) is 10.6. The van der Waals surface area contributed by atoms with Gasteiger partial charge in [-0.05, 0) is 42.5 Å². The van der Waals surface area contributed by atoms with Crippen molar-refractivity contribution in [2.24, 2.45) is 5.92 Å². The molecule has 2 N–H and O–H groups in total. The van der Waals surface area contributed by atoms with Gasteiger partial charge in [0.1, 0.15) is 0 Å². The first-order chi connectivity index (χ1) is 16.6. The highest BCUT2D eigenvalue weighted by Gasteiger charge is 2.15. The number of aromatic amines is 1. The van der Waals surface area contributed by atoms with Crippen LogP contribution in [0, 0.1) is 5.92 Å². The number of aromatic nitrogens is 5. The predicted octanol–water partition coefficient (Wildman–Crippen LogP) is 4.80. The van der Waals surface area contributed by atoms with Gasteiger partial charge in [0, 0.05) is 35.5 Å². The van der Waals surface area contributed by atoms with Crippen LogP contribution in [0.4, 0.5) is 0 Å². The van der Waals surface area contributed by atoms with Crippen LogP contribution in [-0.2, 0) is 17.6 Å². The van der Waals surface area contributed by atoms with Gasteiger partial charge in [-0.3, -0.25) is 4.79 Å². The number of aryl methyl sites for hydroxylation is 2. The number of carbonyl (C=O) groups excluding carboxylic acids is 1. The molecule has 1 amide bonds. The van der Waals surface area contributed by atoms with E-state index in [-0.39, 0.29) is 5.91 Å². The molecule has 0 atom stereocenters. The Morgan fingerprint density at radius 2 is 1.85 bits per heavy atom. The minimum atomic E-state index is 0.00781. The van der Waals surface area contributed by atoms with Crippen molar-refractivity contribution in [3.8, 4) is 0 Å². The Kier molecular flexibility index (Phi) is 6.49. The van der Waals surface area contributed by atoms with E-state index in [4.69, 9.17) is 15.1 Å². The molecule has 0 saturated carbocycles. The van der Waals surface area contributed by atoms with E-state index in [1.165, 1.54) is 22.7 Å². The van der Waals surface area contributed by atoms with Crippen LogP contribution in [0.5, 0.6) is 0 Å². The summed E-state index contributed by atoms with van der Waals surface area (Å²) in [7, 11) is 0. The van der Waals surface area contributed by atoms with Gasteiger partial charge in [-0.1, -0.05) is 55.9 Å². The van der Waals surface area contributed by atoms with Crippen molar-refractivity contribution in [2.45, 2.75) is 38.3 Å². The summed E-state index contributed by atoms with van der Waals surface area (Å²) in [4.78, 5) is 25.3. The van der Waals surface area contributed by atoms with Crippen LogP contribution in [0.2, 0.25) is 0 Å². The van der Waals surface area contributed by atoms with Gasteiger partial charge in [-0.2, -0.15) is 4.52 Å². The molecule has 0 bridgehead atoms. The number of thioether (sulfide) groups is 1. The van der Waals surface area contributed by atoms with E-state index >= 15 is 0 Å². The molecule has 3 heterocycles. The zero-order valence-corrected chi connectivity index (χ0v) is 20.2. The lowest BCUT2D eigenvalue weighted by atomic mass is 10.1. The molecular formula is C26H28N6OS. The van der Waals surface area contributed by atoms with Crippen LogP contribution in [-0.4, -0.2) is 42.8 Å². The molecule has 0 aliphatic carbocycles. The highest BCUT2D eigenvalue weighted by atomic mass is 32.2. The number of benzene rings is 2. The molecule has 0 spiro atoms. The Labute approximate surface area is 202 Å². The maximum absolute atomic E-state index is 12.3. The molecule has 0 unspecified atom stereocenters. The quantitative estimate of drug-likeness (QED) is 0.238. The average molecular weight is 473 g/mol. The van der Waals surface area contributed by atoms with Crippen LogP contribution in [0.25, 0.3) is 27.5 Å². The number of H-pyrrole nitrogens is 1. The second-order valence-electron chi connectivity index (χ2n) is 8.86. The minimum absolute atomic E-state index is 0.00781. The molecular weight excluding hydrogens is 444 g/mol. The van der Waals surface area contributed by atoms with Gasteiger partial charge in [0.25, 0.3) is 0 Å². The zero-order valence-electron chi connectivity index (χ0n) is 19.4. The maximum Gasteiger partial charge on any atom is 0.230 e. The van der Waals surface area contributed by atoms with Crippen LogP contribution in [0.1, 0.15) is 31.7 Å². The lowest BCUT2D eigenvalue weighted by Gasteiger charge is -2.08. The van der Waals surface area contributed by atoms with Crippen LogP contribution >= 0.6 is 11.8 Å². The monoisotopic (exact) mass is 472 g/mol. The van der Waals surface area contributed by atoms with Gasteiger partial charge in [0.05, 0.1) is 11.3 Å². The summed E-state index contributed by atoms with van der Waals surface area (Å²) in [5.41, 5.74) is 4.03. The molecule has 8 heteroatoms. The fourth-order valence-electron chi connectivity index (χ4n) is 4.04. The summed E-state index contributed by atoms with van der Waals surface area (Å²) < 4.78 is 1.79. The van der Waals surface area contributed by atoms with E-state index in [9.17, 15) is 4.79 Å². The van der Waals surface area contributed by atoms with E-state index in [1.807, 2.05) is 30.3 Å². The number of fused-ring (bicyclic) bond motifs is 4. The highest BCUT2D eigenvalue weighted by Crippen LogP contribution is 2.25. The number of amides is 1. The summed E-state index contributed by atoms with van der Waals surface area (Å²) >= 11 is 1.40. The first kappa shape index (κ1) is 22.4. The molecule has 2 aromatic carbocycles. The summed E-state index contributed by atoms with van der Waals surface area (Å²) in [6, 6.07) is 16.3. The number of nitrogens with zero attached hydrogens (tertiary/aromatic N) is 4. The molecule has 5 rings (SSSR count). The number of hydrogen-bond acceptors (Lipinski definition) is 5. The van der Waals surface area contributed by atoms with Crippen molar-refractivity contribution in [2.75, 3.05) is 12.3 Å². The molecule has 5 aromatic rings. The molecule has 7 nitrogen and oxygen atoms in total. The van der Waals surface area contributed by atoms with E-state index in [2.05, 4.69) is 48.5 Å². The largest absolute Gasteiger partial charge is 0.361 e. The van der Waals surface area contributed by atoms with E-state index in [0.717, 1.165) is 47.2 Å². The third-order valence-electron chi connectivity index (χ3n) is 5.86. The van der Waals surface area contributed by atoms with Crippen molar-refractivity contribution >= 4 is 45.1 Å². The first-order valence-electron chi connectivity index (χ1n) is 11.7. The van der Waals surface area contributed by atoms with Gasteiger partial charge in [0.2, 0.25) is 5.91 Å². The Balaban J connectivity index is 1.38. The smallest absolute Gasteiger partial charge is 0.230 e. The van der Waals surface area contributed by atoms with E-state index in [0.29, 0.717) is 23.4 Å². The Hall–Kier alpha value is -3.39. The number of hydrogen-bond donors (Lipinski definition) is 2. The highest BCUT2D eigenvalue weighted by molar-refractivity contribution is 7.99. The van der Waals surface area contributed by atoms with Crippen molar-refractivity contribution < 1.29 is 4.79 Å². The van der Waals surface area contributed by atoms with Crippen molar-refractivity contribution in [3.63, 3.8) is 0 Å². The SMILES string of the molecule is CC(C)CCNC(=O)CSc1nc2ccccc2c2nc(CCc3c[nH]c4ccccc34)nn12. The third kappa shape index (κ3) is 4.77. The molecule has 0 aliphatic rings. The summed E-state index contributed by atoms with van der Waals surface area (Å²) in [5.74, 6) is 1.64. The van der Waals surface area contributed by atoms with E-state index < -0.39 is 0 Å². The molecule has 0 aliphatic heterocycles. The molecule has 34 heavy (non-hydrogen) atoms. The van der Waals surface area contributed by atoms with Crippen LogP contribution < -0.4 is 5.32 Å². The maximum atomic E-state index is 12.3. The van der Waals surface area contributed by atoms with Gasteiger partial charge < -0.3 is 10.3 Å². The van der Waals surface area contributed by atoms with Crippen molar-refractivity contribution in [1.82, 2.24) is 29.9 Å². The number of rotatable bonds is 9. The van der Waals surface area contributed by atoms with Crippen LogP contribution in [0.15, 0.2) is 59.9 Å².